The Kier molecular flexibility index (Phi) is 4.65. The summed E-state index contributed by atoms with van der Waals surface area (Å²) < 4.78 is 5.51. The molecule has 0 aromatic heterocycles. The Bertz CT molecular complexity index is 330. The number of benzene rings is 1. The maximum absolute atomic E-state index is 10.9. The molecule has 14 heavy (non-hydrogen) atoms. The van der Waals surface area contributed by atoms with Crippen LogP contribution in [0.3, 0.4) is 0 Å². The second-order valence-corrected chi connectivity index (χ2v) is 4.16. The molecule has 1 aromatic rings. The molecule has 0 heterocycles. The predicted octanol–water partition coefficient (Wildman–Crippen LogP) is 2.72. The Morgan fingerprint density at radius 1 is 1.43 bits per heavy atom. The van der Waals surface area contributed by atoms with E-state index in [4.69, 9.17) is 0 Å². The van der Waals surface area contributed by atoms with Crippen molar-refractivity contribution >= 4 is 28.6 Å². The van der Waals surface area contributed by atoms with Gasteiger partial charge >= 0.3 is 5.97 Å². The number of methoxy groups -OCH3 is 1. The van der Waals surface area contributed by atoms with E-state index in [2.05, 4.69) is 27.3 Å². The molecule has 0 unspecified atom stereocenters. The summed E-state index contributed by atoms with van der Waals surface area (Å²) >= 11 is 2.14. The maximum Gasteiger partial charge on any atom is 0.331 e. The fraction of sp³-hybridized carbons (Fsp3) is 0.182. The van der Waals surface area contributed by atoms with Crippen LogP contribution in [0, 0.1) is 0 Å². The molecule has 0 amide bonds. The van der Waals surface area contributed by atoms with Crippen molar-refractivity contribution in [2.45, 2.75) is 6.42 Å². The summed E-state index contributed by atoms with van der Waals surface area (Å²) in [5, 5.41) is 0. The minimum absolute atomic E-state index is 0.301. The van der Waals surface area contributed by atoms with Gasteiger partial charge in [0.25, 0.3) is 0 Å². The van der Waals surface area contributed by atoms with Crippen molar-refractivity contribution in [2.24, 2.45) is 0 Å². The number of hydrogen-bond acceptors (Lipinski definition) is 2. The van der Waals surface area contributed by atoms with Gasteiger partial charge in [-0.1, -0.05) is 30.3 Å². The predicted molar refractivity (Wildman–Crippen MR) is 64.3 cm³/mol. The lowest BCUT2D eigenvalue weighted by Crippen LogP contribution is -1.96. The van der Waals surface area contributed by atoms with Crippen LogP contribution in [0.4, 0.5) is 0 Å². The summed E-state index contributed by atoms with van der Waals surface area (Å²) in [5.41, 5.74) is 1.19. The quantitative estimate of drug-likeness (QED) is 0.487. The van der Waals surface area contributed by atoms with Crippen molar-refractivity contribution in [3.05, 3.63) is 45.6 Å². The smallest absolute Gasteiger partial charge is 0.331 e. The van der Waals surface area contributed by atoms with E-state index in [0.29, 0.717) is 0 Å². The lowest BCUT2D eigenvalue weighted by molar-refractivity contribution is -0.134. The summed E-state index contributed by atoms with van der Waals surface area (Å²) in [6, 6.07) is 10.0. The van der Waals surface area contributed by atoms with Gasteiger partial charge in [0.2, 0.25) is 0 Å². The van der Waals surface area contributed by atoms with E-state index in [1.54, 1.807) is 0 Å². The van der Waals surface area contributed by atoms with Crippen LogP contribution < -0.4 is 0 Å². The highest BCUT2D eigenvalue weighted by molar-refractivity contribution is 14.1. The van der Waals surface area contributed by atoms with E-state index in [1.807, 2.05) is 30.3 Å². The van der Waals surface area contributed by atoms with Crippen LogP contribution >= 0.6 is 22.6 Å². The van der Waals surface area contributed by atoms with Crippen LogP contribution in [0.1, 0.15) is 5.56 Å². The Labute approximate surface area is 97.1 Å². The molecular weight excluding hydrogens is 291 g/mol. The fourth-order valence-corrected chi connectivity index (χ4v) is 1.72. The van der Waals surface area contributed by atoms with Crippen LogP contribution in [0.2, 0.25) is 0 Å². The molecular formula is C11H11IO2. The SMILES string of the molecule is COC(=O)/C=C(\I)Cc1ccccc1. The molecule has 0 atom stereocenters. The molecule has 1 aromatic carbocycles. The van der Waals surface area contributed by atoms with Gasteiger partial charge < -0.3 is 4.74 Å². The first kappa shape index (κ1) is 11.2. The lowest BCUT2D eigenvalue weighted by Gasteiger charge is -1.99. The first-order valence-corrected chi connectivity index (χ1v) is 5.28. The normalized spacial score (nSPS) is 11.1. The topological polar surface area (TPSA) is 26.3 Å². The zero-order chi connectivity index (χ0) is 10.4. The molecule has 0 saturated heterocycles. The van der Waals surface area contributed by atoms with Gasteiger partial charge in [0.15, 0.2) is 0 Å². The highest BCUT2D eigenvalue weighted by Gasteiger charge is 1.99. The number of carbonyl (C=O) groups excluding carboxylic acids is 1. The van der Waals surface area contributed by atoms with Gasteiger partial charge in [-0.2, -0.15) is 0 Å². The summed E-state index contributed by atoms with van der Waals surface area (Å²) in [5.74, 6) is -0.301. The van der Waals surface area contributed by atoms with E-state index in [9.17, 15) is 4.79 Å². The molecule has 1 rings (SSSR count). The fourth-order valence-electron chi connectivity index (χ4n) is 1.03. The lowest BCUT2D eigenvalue weighted by atomic mass is 10.1. The molecule has 0 spiro atoms. The second kappa shape index (κ2) is 5.80. The van der Waals surface area contributed by atoms with Crippen LogP contribution in [0.15, 0.2) is 40.0 Å². The minimum Gasteiger partial charge on any atom is -0.466 e. The highest BCUT2D eigenvalue weighted by Crippen LogP contribution is 2.14. The van der Waals surface area contributed by atoms with E-state index < -0.39 is 0 Å². The molecule has 0 aliphatic carbocycles. The van der Waals surface area contributed by atoms with E-state index >= 15 is 0 Å². The minimum atomic E-state index is -0.301. The molecule has 0 radical (unpaired) electrons. The molecule has 0 N–H and O–H groups in total. The maximum atomic E-state index is 10.9. The third-order valence-electron chi connectivity index (χ3n) is 1.69. The molecule has 74 valence electrons. The first-order valence-electron chi connectivity index (χ1n) is 4.20. The van der Waals surface area contributed by atoms with Crippen LogP contribution in [0.5, 0.6) is 0 Å². The number of rotatable bonds is 3. The Balaban J connectivity index is 2.61. The Hall–Kier alpha value is -0.840. The van der Waals surface area contributed by atoms with E-state index in [1.165, 1.54) is 18.7 Å². The van der Waals surface area contributed by atoms with Crippen molar-refractivity contribution in [3.8, 4) is 0 Å². The van der Waals surface area contributed by atoms with Crippen molar-refractivity contribution < 1.29 is 9.53 Å². The molecule has 0 saturated carbocycles. The molecule has 2 nitrogen and oxygen atoms in total. The number of esters is 1. The van der Waals surface area contributed by atoms with Crippen molar-refractivity contribution in [1.29, 1.82) is 0 Å². The molecule has 0 aliphatic heterocycles. The summed E-state index contributed by atoms with van der Waals surface area (Å²) in [6.07, 6.45) is 2.28. The summed E-state index contributed by atoms with van der Waals surface area (Å²) in [6.45, 7) is 0. The molecule has 3 heteroatoms. The molecule has 0 bridgehead atoms. The second-order valence-electron chi connectivity index (χ2n) is 2.78. The Morgan fingerprint density at radius 3 is 2.64 bits per heavy atom. The number of allylic oxidation sites excluding steroid dienone is 1. The molecule has 0 aliphatic rings. The van der Waals surface area contributed by atoms with E-state index in [-0.39, 0.29) is 5.97 Å². The van der Waals surface area contributed by atoms with Crippen molar-refractivity contribution in [2.75, 3.05) is 7.11 Å². The van der Waals surface area contributed by atoms with Crippen LogP contribution in [0.25, 0.3) is 0 Å². The van der Waals surface area contributed by atoms with Gasteiger partial charge in [0, 0.05) is 16.1 Å². The zero-order valence-electron chi connectivity index (χ0n) is 7.87. The Morgan fingerprint density at radius 2 is 2.07 bits per heavy atom. The first-order chi connectivity index (χ1) is 6.72. The largest absolute Gasteiger partial charge is 0.466 e. The number of hydrogen-bond donors (Lipinski definition) is 0. The van der Waals surface area contributed by atoms with Crippen molar-refractivity contribution in [3.63, 3.8) is 0 Å². The summed E-state index contributed by atoms with van der Waals surface area (Å²) in [7, 11) is 1.38. The van der Waals surface area contributed by atoms with Crippen LogP contribution in [-0.4, -0.2) is 13.1 Å². The van der Waals surface area contributed by atoms with Crippen molar-refractivity contribution in [1.82, 2.24) is 0 Å². The van der Waals surface area contributed by atoms with Gasteiger partial charge in [-0.05, 0) is 28.2 Å². The zero-order valence-corrected chi connectivity index (χ0v) is 10.0. The standard InChI is InChI=1S/C11H11IO2/c1-14-11(13)8-10(12)7-9-5-3-2-4-6-9/h2-6,8H,7H2,1H3/b10-8-. The average Bonchev–Trinajstić information content (AvgIpc) is 2.19. The number of halogens is 1. The molecule has 0 fully saturated rings. The number of ether oxygens (including phenoxy) is 1. The average molecular weight is 302 g/mol. The van der Waals surface area contributed by atoms with E-state index in [0.717, 1.165) is 10.0 Å². The third kappa shape index (κ3) is 3.91. The van der Waals surface area contributed by atoms with Gasteiger partial charge in [0.1, 0.15) is 0 Å². The van der Waals surface area contributed by atoms with Gasteiger partial charge in [-0.3, -0.25) is 0 Å². The van der Waals surface area contributed by atoms with Gasteiger partial charge in [0.05, 0.1) is 7.11 Å². The number of carbonyl (C=O) groups is 1. The monoisotopic (exact) mass is 302 g/mol. The van der Waals surface area contributed by atoms with Crippen LogP contribution in [-0.2, 0) is 16.0 Å². The van der Waals surface area contributed by atoms with Gasteiger partial charge in [-0.25, -0.2) is 4.79 Å². The highest BCUT2D eigenvalue weighted by atomic mass is 127. The third-order valence-corrected chi connectivity index (χ3v) is 2.38. The summed E-state index contributed by atoms with van der Waals surface area (Å²) in [4.78, 5) is 10.9. The van der Waals surface area contributed by atoms with Gasteiger partial charge in [-0.15, -0.1) is 0 Å².